The molecule has 1 fully saturated rings. The van der Waals surface area contributed by atoms with Gasteiger partial charge >= 0.3 is 0 Å². The highest BCUT2D eigenvalue weighted by atomic mass is 79.9. The number of benzene rings is 1. The second kappa shape index (κ2) is 5.05. The number of halogens is 1. The van der Waals surface area contributed by atoms with Crippen LogP contribution in [0.4, 0.5) is 5.69 Å². The molecule has 19 heavy (non-hydrogen) atoms. The number of rotatable bonds is 2. The van der Waals surface area contributed by atoms with Gasteiger partial charge in [0.25, 0.3) is 0 Å². The van der Waals surface area contributed by atoms with Gasteiger partial charge in [-0.2, -0.15) is 4.31 Å². The summed E-state index contributed by atoms with van der Waals surface area (Å²) in [4.78, 5) is 0.114. The second-order valence-electron chi connectivity index (χ2n) is 5.08. The van der Waals surface area contributed by atoms with Crippen molar-refractivity contribution in [2.75, 3.05) is 18.8 Å². The van der Waals surface area contributed by atoms with Crippen molar-refractivity contribution >= 4 is 31.6 Å². The van der Waals surface area contributed by atoms with E-state index in [0.717, 1.165) is 0 Å². The third-order valence-corrected chi connectivity index (χ3v) is 5.84. The lowest BCUT2D eigenvalue weighted by atomic mass is 9.95. The summed E-state index contributed by atoms with van der Waals surface area (Å²) >= 11 is 3.25. The molecule has 0 atom stereocenters. The van der Waals surface area contributed by atoms with Crippen LogP contribution in [0.3, 0.4) is 0 Å². The van der Waals surface area contributed by atoms with Crippen LogP contribution in [-0.2, 0) is 10.0 Å². The number of nitrogen functional groups attached to an aromatic ring is 1. The first-order valence-electron chi connectivity index (χ1n) is 6.00. The van der Waals surface area contributed by atoms with E-state index < -0.39 is 15.6 Å². The maximum Gasteiger partial charge on any atom is 0.245 e. The van der Waals surface area contributed by atoms with Gasteiger partial charge in [0.05, 0.1) is 11.3 Å². The first-order chi connectivity index (χ1) is 8.72. The van der Waals surface area contributed by atoms with E-state index in [2.05, 4.69) is 15.9 Å². The zero-order chi connectivity index (χ0) is 14.3. The monoisotopic (exact) mass is 348 g/mol. The van der Waals surface area contributed by atoms with Gasteiger partial charge in [0.15, 0.2) is 0 Å². The summed E-state index contributed by atoms with van der Waals surface area (Å²) in [5.41, 5.74) is 5.21. The Hall–Kier alpha value is -0.630. The van der Waals surface area contributed by atoms with Crippen LogP contribution < -0.4 is 5.73 Å². The number of hydrogen-bond acceptors (Lipinski definition) is 4. The molecule has 1 heterocycles. The molecule has 0 aromatic heterocycles. The Balaban J connectivity index is 2.31. The highest BCUT2D eigenvalue weighted by Gasteiger charge is 2.34. The molecule has 1 aliphatic heterocycles. The van der Waals surface area contributed by atoms with Crippen molar-refractivity contribution in [2.45, 2.75) is 30.3 Å². The maximum atomic E-state index is 12.5. The van der Waals surface area contributed by atoms with Crippen LogP contribution in [0.5, 0.6) is 0 Å². The smallest absolute Gasteiger partial charge is 0.245 e. The highest BCUT2D eigenvalue weighted by molar-refractivity contribution is 9.10. The van der Waals surface area contributed by atoms with E-state index in [0.29, 0.717) is 30.4 Å². The minimum atomic E-state index is -3.60. The molecule has 0 aliphatic carbocycles. The molecule has 106 valence electrons. The summed E-state index contributed by atoms with van der Waals surface area (Å²) in [6.07, 6.45) is 0.861. The Bertz CT molecular complexity index is 577. The summed E-state index contributed by atoms with van der Waals surface area (Å²) in [5.74, 6) is 0. The quantitative estimate of drug-likeness (QED) is 0.794. The number of sulfonamides is 1. The van der Waals surface area contributed by atoms with Gasteiger partial charge in [-0.25, -0.2) is 8.42 Å². The number of piperidine rings is 1. The molecule has 3 N–H and O–H groups in total. The molecular formula is C12H17BrN2O3S. The number of nitrogens with two attached hydrogens (primary N) is 1. The largest absolute Gasteiger partial charge is 0.398 e. The number of hydrogen-bond donors (Lipinski definition) is 2. The lowest BCUT2D eigenvalue weighted by Crippen LogP contribution is -2.45. The van der Waals surface area contributed by atoms with Crippen molar-refractivity contribution in [2.24, 2.45) is 0 Å². The van der Waals surface area contributed by atoms with Crippen LogP contribution >= 0.6 is 15.9 Å². The van der Waals surface area contributed by atoms with Gasteiger partial charge < -0.3 is 10.8 Å². The first kappa shape index (κ1) is 14.8. The van der Waals surface area contributed by atoms with E-state index in [1.54, 1.807) is 19.1 Å². The van der Waals surface area contributed by atoms with Crippen molar-refractivity contribution in [3.63, 3.8) is 0 Å². The molecule has 1 aromatic rings. The van der Waals surface area contributed by atoms with Crippen molar-refractivity contribution in [3.05, 3.63) is 22.7 Å². The molecular weight excluding hydrogens is 332 g/mol. The molecule has 0 spiro atoms. The number of aliphatic hydroxyl groups is 1. The van der Waals surface area contributed by atoms with E-state index >= 15 is 0 Å². The van der Waals surface area contributed by atoms with Crippen LogP contribution in [0.15, 0.2) is 27.6 Å². The average molecular weight is 349 g/mol. The third-order valence-electron chi connectivity index (χ3n) is 3.39. The van der Waals surface area contributed by atoms with E-state index in [4.69, 9.17) is 5.73 Å². The Morgan fingerprint density at radius 2 is 1.95 bits per heavy atom. The molecule has 0 radical (unpaired) electrons. The SMILES string of the molecule is CC1(O)CCN(S(=O)(=O)c2cc(Br)ccc2N)CC1. The second-order valence-corrected chi connectivity index (χ2v) is 7.91. The molecule has 1 aliphatic rings. The van der Waals surface area contributed by atoms with E-state index in [9.17, 15) is 13.5 Å². The predicted molar refractivity (Wildman–Crippen MR) is 77.2 cm³/mol. The van der Waals surface area contributed by atoms with E-state index in [-0.39, 0.29) is 10.6 Å². The fraction of sp³-hybridized carbons (Fsp3) is 0.500. The molecule has 5 nitrogen and oxygen atoms in total. The van der Waals surface area contributed by atoms with E-state index in [1.807, 2.05) is 0 Å². The van der Waals surface area contributed by atoms with Crippen molar-refractivity contribution in [3.8, 4) is 0 Å². The minimum Gasteiger partial charge on any atom is -0.398 e. The summed E-state index contributed by atoms with van der Waals surface area (Å²) in [7, 11) is -3.60. The highest BCUT2D eigenvalue weighted by Crippen LogP contribution is 2.30. The Morgan fingerprint density at radius 1 is 1.37 bits per heavy atom. The molecule has 1 saturated heterocycles. The van der Waals surface area contributed by atoms with Gasteiger partial charge in [-0.05, 0) is 38.0 Å². The van der Waals surface area contributed by atoms with Gasteiger partial charge in [-0.3, -0.25) is 0 Å². The summed E-state index contributed by atoms with van der Waals surface area (Å²) < 4.78 is 27.1. The molecule has 0 saturated carbocycles. The zero-order valence-electron chi connectivity index (χ0n) is 10.6. The van der Waals surface area contributed by atoms with Crippen LogP contribution in [0, 0.1) is 0 Å². The Morgan fingerprint density at radius 3 is 2.53 bits per heavy atom. The van der Waals surface area contributed by atoms with Gasteiger partial charge in [0.2, 0.25) is 10.0 Å². The number of nitrogens with zero attached hydrogens (tertiary/aromatic N) is 1. The predicted octanol–water partition coefficient (Wildman–Crippen LogP) is 1.57. The van der Waals surface area contributed by atoms with Crippen LogP contribution in [0.2, 0.25) is 0 Å². The molecule has 2 rings (SSSR count). The summed E-state index contributed by atoms with van der Waals surface area (Å²) in [6.45, 7) is 2.34. The van der Waals surface area contributed by atoms with Crippen molar-refractivity contribution < 1.29 is 13.5 Å². The molecule has 0 unspecified atom stereocenters. The van der Waals surface area contributed by atoms with Gasteiger partial charge in [0, 0.05) is 17.6 Å². The normalized spacial score (nSPS) is 20.4. The first-order valence-corrected chi connectivity index (χ1v) is 8.23. The molecule has 1 aromatic carbocycles. The van der Waals surface area contributed by atoms with Gasteiger partial charge in [-0.1, -0.05) is 15.9 Å². The van der Waals surface area contributed by atoms with Crippen LogP contribution in [-0.4, -0.2) is 36.5 Å². The summed E-state index contributed by atoms with van der Waals surface area (Å²) in [5, 5.41) is 9.87. The zero-order valence-corrected chi connectivity index (χ0v) is 13.0. The molecule has 0 bridgehead atoms. The van der Waals surface area contributed by atoms with Crippen LogP contribution in [0.25, 0.3) is 0 Å². The van der Waals surface area contributed by atoms with Crippen molar-refractivity contribution in [1.82, 2.24) is 4.31 Å². The van der Waals surface area contributed by atoms with Gasteiger partial charge in [0.1, 0.15) is 4.90 Å². The Labute approximate surface area is 121 Å². The maximum absolute atomic E-state index is 12.5. The fourth-order valence-corrected chi connectivity index (χ4v) is 4.17. The van der Waals surface area contributed by atoms with Crippen LogP contribution in [0.1, 0.15) is 19.8 Å². The molecule has 0 amide bonds. The summed E-state index contributed by atoms with van der Waals surface area (Å²) in [6, 6.07) is 4.78. The lowest BCUT2D eigenvalue weighted by molar-refractivity contribution is 0.0126. The van der Waals surface area contributed by atoms with Gasteiger partial charge in [-0.15, -0.1) is 0 Å². The lowest BCUT2D eigenvalue weighted by Gasteiger charge is -2.35. The minimum absolute atomic E-state index is 0.114. The number of anilines is 1. The third kappa shape index (κ3) is 3.10. The standard InChI is InChI=1S/C12H17BrN2O3S/c1-12(16)4-6-15(7-5-12)19(17,18)11-8-9(13)2-3-10(11)14/h2-3,8,16H,4-7,14H2,1H3. The van der Waals surface area contributed by atoms with Crippen molar-refractivity contribution in [1.29, 1.82) is 0 Å². The fourth-order valence-electron chi connectivity index (χ4n) is 2.08. The van der Waals surface area contributed by atoms with E-state index in [1.165, 1.54) is 10.4 Å². The molecule has 7 heteroatoms. The Kier molecular flexibility index (Phi) is 3.92. The topological polar surface area (TPSA) is 83.6 Å². The average Bonchev–Trinajstić information content (AvgIpc) is 2.31.